The van der Waals surface area contributed by atoms with Crippen molar-refractivity contribution in [1.82, 2.24) is 0 Å². The van der Waals surface area contributed by atoms with Gasteiger partial charge in [0.1, 0.15) is 5.69 Å². The first-order valence-corrected chi connectivity index (χ1v) is 6.74. The number of nitrogens with zero attached hydrogens (tertiary/aromatic N) is 1. The molecule has 0 saturated carbocycles. The van der Waals surface area contributed by atoms with Crippen molar-refractivity contribution in [2.75, 3.05) is 11.9 Å². The van der Waals surface area contributed by atoms with E-state index < -0.39 is 10.8 Å². The normalized spacial score (nSPS) is 10.6. The summed E-state index contributed by atoms with van der Waals surface area (Å²) in [4.78, 5) is 21.5. The topological polar surface area (TPSA) is 98.3 Å². The first kappa shape index (κ1) is 15.9. The summed E-state index contributed by atoms with van der Waals surface area (Å²) in [6, 6.07) is 4.23. The Hall–Kier alpha value is -2.11. The Balaban J connectivity index is 2.65. The van der Waals surface area contributed by atoms with E-state index in [9.17, 15) is 14.9 Å². The fourth-order valence-electron chi connectivity index (χ4n) is 1.89. The molecule has 1 amide bonds. The number of carbonyl (C=O) groups excluding carboxylic acids is 1. The molecule has 1 aromatic carbocycles. The Labute approximate surface area is 118 Å². The van der Waals surface area contributed by atoms with Crippen LogP contribution >= 0.6 is 0 Å². The van der Waals surface area contributed by atoms with Crippen molar-refractivity contribution in [3.63, 3.8) is 0 Å². The average Bonchev–Trinajstić information content (AvgIpc) is 2.37. The van der Waals surface area contributed by atoms with Crippen LogP contribution in [0.4, 0.5) is 11.4 Å². The molecule has 0 aliphatic heterocycles. The van der Waals surface area contributed by atoms with E-state index in [1.165, 1.54) is 18.2 Å². The second kappa shape index (κ2) is 7.47. The first-order chi connectivity index (χ1) is 9.41. The van der Waals surface area contributed by atoms with Crippen molar-refractivity contribution < 1.29 is 9.72 Å². The summed E-state index contributed by atoms with van der Waals surface area (Å²) in [6.07, 6.45) is 3.18. The molecule has 0 bridgehead atoms. The maximum atomic E-state index is 11.0. The minimum atomic E-state index is -0.670. The summed E-state index contributed by atoms with van der Waals surface area (Å²) >= 11 is 0. The lowest BCUT2D eigenvalue weighted by Gasteiger charge is -2.08. The Morgan fingerprint density at radius 2 is 2.10 bits per heavy atom. The molecule has 6 heteroatoms. The summed E-state index contributed by atoms with van der Waals surface area (Å²) in [5, 5.41) is 14.0. The van der Waals surface area contributed by atoms with E-state index in [2.05, 4.69) is 19.2 Å². The number of hydrogen-bond acceptors (Lipinski definition) is 4. The maximum absolute atomic E-state index is 11.0. The fourth-order valence-corrected chi connectivity index (χ4v) is 1.89. The lowest BCUT2D eigenvalue weighted by Crippen LogP contribution is -2.12. The standard InChI is InChI=1S/C14H21N3O3/c1-10(2)5-3-4-8-16-12-7-6-11(14(15)18)9-13(12)17(19)20/h6-7,9-10,16H,3-5,8H2,1-2H3,(H2,15,18). The molecule has 3 N–H and O–H groups in total. The number of hydrogen-bond donors (Lipinski definition) is 2. The number of carbonyl (C=O) groups is 1. The molecule has 1 rings (SSSR count). The van der Waals surface area contributed by atoms with Crippen molar-refractivity contribution in [3.05, 3.63) is 33.9 Å². The molecule has 110 valence electrons. The third-order valence-corrected chi connectivity index (χ3v) is 3.00. The van der Waals surface area contributed by atoms with Crippen LogP contribution < -0.4 is 11.1 Å². The van der Waals surface area contributed by atoms with Crippen LogP contribution in [0.3, 0.4) is 0 Å². The summed E-state index contributed by atoms with van der Waals surface area (Å²) < 4.78 is 0. The molecule has 0 saturated heterocycles. The van der Waals surface area contributed by atoms with Gasteiger partial charge in [0.15, 0.2) is 0 Å². The Kier molecular flexibility index (Phi) is 5.96. The van der Waals surface area contributed by atoms with Crippen molar-refractivity contribution in [3.8, 4) is 0 Å². The molecule has 0 heterocycles. The third kappa shape index (κ3) is 4.87. The van der Waals surface area contributed by atoms with Crippen LogP contribution in [-0.4, -0.2) is 17.4 Å². The van der Waals surface area contributed by atoms with E-state index in [-0.39, 0.29) is 11.3 Å². The maximum Gasteiger partial charge on any atom is 0.293 e. The van der Waals surface area contributed by atoms with E-state index in [0.29, 0.717) is 18.2 Å². The zero-order valence-electron chi connectivity index (χ0n) is 11.9. The summed E-state index contributed by atoms with van der Waals surface area (Å²) in [5.41, 5.74) is 5.56. The van der Waals surface area contributed by atoms with Gasteiger partial charge in [0.05, 0.1) is 4.92 Å². The zero-order valence-corrected chi connectivity index (χ0v) is 11.9. The molecular formula is C14H21N3O3. The number of nitro groups is 1. The molecule has 6 nitrogen and oxygen atoms in total. The molecule has 0 aliphatic rings. The second-order valence-electron chi connectivity index (χ2n) is 5.17. The van der Waals surface area contributed by atoms with Gasteiger partial charge in [-0.3, -0.25) is 14.9 Å². The number of unbranched alkanes of at least 4 members (excludes halogenated alkanes) is 1. The highest BCUT2D eigenvalue weighted by Gasteiger charge is 2.16. The van der Waals surface area contributed by atoms with Gasteiger partial charge in [-0.05, 0) is 24.5 Å². The van der Waals surface area contributed by atoms with Crippen LogP contribution in [0.2, 0.25) is 0 Å². The molecule has 0 radical (unpaired) electrons. The molecule has 0 unspecified atom stereocenters. The van der Waals surface area contributed by atoms with Gasteiger partial charge in [-0.25, -0.2) is 0 Å². The average molecular weight is 279 g/mol. The van der Waals surface area contributed by atoms with Gasteiger partial charge in [-0.2, -0.15) is 0 Å². The van der Waals surface area contributed by atoms with E-state index in [4.69, 9.17) is 5.73 Å². The van der Waals surface area contributed by atoms with Gasteiger partial charge in [0.25, 0.3) is 5.69 Å². The van der Waals surface area contributed by atoms with E-state index in [1.54, 1.807) is 0 Å². The molecule has 0 atom stereocenters. The van der Waals surface area contributed by atoms with E-state index in [1.807, 2.05) is 0 Å². The highest BCUT2D eigenvalue weighted by molar-refractivity contribution is 5.94. The van der Waals surface area contributed by atoms with Crippen LogP contribution in [-0.2, 0) is 0 Å². The quantitative estimate of drug-likeness (QED) is 0.434. The zero-order chi connectivity index (χ0) is 15.1. The summed E-state index contributed by atoms with van der Waals surface area (Å²) in [6.45, 7) is 5.01. The van der Waals surface area contributed by atoms with Crippen LogP contribution in [0, 0.1) is 16.0 Å². The highest BCUT2D eigenvalue weighted by Crippen LogP contribution is 2.25. The van der Waals surface area contributed by atoms with Crippen molar-refractivity contribution in [2.45, 2.75) is 33.1 Å². The molecule has 0 spiro atoms. The fraction of sp³-hybridized carbons (Fsp3) is 0.500. The van der Waals surface area contributed by atoms with Gasteiger partial charge < -0.3 is 11.1 Å². The number of primary amides is 1. The minimum absolute atomic E-state index is 0.120. The van der Waals surface area contributed by atoms with Gasteiger partial charge in [0.2, 0.25) is 5.91 Å². The monoisotopic (exact) mass is 279 g/mol. The molecule has 20 heavy (non-hydrogen) atoms. The van der Waals surface area contributed by atoms with Crippen LogP contribution in [0.1, 0.15) is 43.5 Å². The van der Waals surface area contributed by atoms with Gasteiger partial charge >= 0.3 is 0 Å². The first-order valence-electron chi connectivity index (χ1n) is 6.74. The second-order valence-corrected chi connectivity index (χ2v) is 5.17. The number of rotatable bonds is 8. The largest absolute Gasteiger partial charge is 0.379 e. The molecular weight excluding hydrogens is 258 g/mol. The number of nitrogens with one attached hydrogen (secondary N) is 1. The Morgan fingerprint density at radius 3 is 2.65 bits per heavy atom. The Bertz CT molecular complexity index is 487. The van der Waals surface area contributed by atoms with Crippen molar-refractivity contribution >= 4 is 17.3 Å². The lowest BCUT2D eigenvalue weighted by atomic mass is 10.1. The van der Waals surface area contributed by atoms with Gasteiger partial charge in [-0.1, -0.05) is 26.7 Å². The lowest BCUT2D eigenvalue weighted by molar-refractivity contribution is -0.384. The van der Waals surface area contributed by atoms with Crippen LogP contribution in [0.5, 0.6) is 0 Å². The smallest absolute Gasteiger partial charge is 0.293 e. The van der Waals surface area contributed by atoms with Crippen molar-refractivity contribution in [2.24, 2.45) is 11.7 Å². The Morgan fingerprint density at radius 1 is 1.40 bits per heavy atom. The predicted molar refractivity (Wildman–Crippen MR) is 78.8 cm³/mol. The van der Waals surface area contributed by atoms with E-state index >= 15 is 0 Å². The SMILES string of the molecule is CC(C)CCCCNc1ccc(C(N)=O)cc1[N+](=O)[O-]. The molecule has 0 aliphatic carbocycles. The molecule has 0 aromatic heterocycles. The number of benzene rings is 1. The number of nitro benzene ring substituents is 1. The van der Waals surface area contributed by atoms with E-state index in [0.717, 1.165) is 19.3 Å². The van der Waals surface area contributed by atoms with Crippen molar-refractivity contribution in [1.29, 1.82) is 0 Å². The summed E-state index contributed by atoms with van der Waals surface area (Å²) in [7, 11) is 0. The highest BCUT2D eigenvalue weighted by atomic mass is 16.6. The summed E-state index contributed by atoms with van der Waals surface area (Å²) in [5.74, 6) is -0.00392. The van der Waals surface area contributed by atoms with Crippen LogP contribution in [0.25, 0.3) is 0 Å². The third-order valence-electron chi connectivity index (χ3n) is 3.00. The van der Waals surface area contributed by atoms with Crippen LogP contribution in [0.15, 0.2) is 18.2 Å². The number of nitrogens with two attached hydrogens (primary N) is 1. The molecule has 0 fully saturated rings. The minimum Gasteiger partial charge on any atom is -0.379 e. The number of anilines is 1. The predicted octanol–water partition coefficient (Wildman–Crippen LogP) is 2.93. The van der Waals surface area contributed by atoms with Gasteiger partial charge in [-0.15, -0.1) is 0 Å². The number of amides is 1. The molecule has 1 aromatic rings. The van der Waals surface area contributed by atoms with Gasteiger partial charge in [0, 0.05) is 18.2 Å².